The van der Waals surface area contributed by atoms with E-state index in [0.717, 1.165) is 48.5 Å². The summed E-state index contributed by atoms with van der Waals surface area (Å²) in [5, 5.41) is 39.3. The van der Waals surface area contributed by atoms with Gasteiger partial charge in [0, 0.05) is 5.92 Å². The van der Waals surface area contributed by atoms with E-state index < -0.39 is 57.6 Å². The van der Waals surface area contributed by atoms with Gasteiger partial charge in [-0.05, 0) is 77.2 Å². The van der Waals surface area contributed by atoms with Gasteiger partial charge in [0.2, 0.25) is 0 Å². The second kappa shape index (κ2) is 9.45. The summed E-state index contributed by atoms with van der Waals surface area (Å²) in [7, 11) is 0. The minimum Gasteiger partial charge on any atom is -0.505 e. The van der Waals surface area contributed by atoms with Crippen LogP contribution < -0.4 is 0 Å². The van der Waals surface area contributed by atoms with Gasteiger partial charge in [0.1, 0.15) is 0 Å². The van der Waals surface area contributed by atoms with Crippen molar-refractivity contribution < 1.29 is 38.0 Å². The van der Waals surface area contributed by atoms with Crippen molar-refractivity contribution in [1.29, 1.82) is 0 Å². The average molecular weight is 498 g/mol. The van der Waals surface area contributed by atoms with E-state index in [0.29, 0.717) is 5.56 Å². The van der Waals surface area contributed by atoms with Crippen LogP contribution in [0.25, 0.3) is 0 Å². The fourth-order valence-electron chi connectivity index (χ4n) is 4.89. The molecule has 0 aliphatic carbocycles. The maximum Gasteiger partial charge on any atom is 0.165 e. The maximum absolute atomic E-state index is 14.7. The van der Waals surface area contributed by atoms with E-state index >= 15 is 0 Å². The lowest BCUT2D eigenvalue weighted by Gasteiger charge is -2.43. The van der Waals surface area contributed by atoms with E-state index in [4.69, 9.17) is 0 Å². The maximum atomic E-state index is 14.7. The van der Waals surface area contributed by atoms with Crippen LogP contribution in [0.5, 0.6) is 23.0 Å². The van der Waals surface area contributed by atoms with Gasteiger partial charge < -0.3 is 20.4 Å². The summed E-state index contributed by atoms with van der Waals surface area (Å²) >= 11 is 0. The lowest BCUT2D eigenvalue weighted by atomic mass is 9.59. The summed E-state index contributed by atoms with van der Waals surface area (Å²) in [6, 6.07) is 14.2. The molecule has 36 heavy (non-hydrogen) atoms. The molecule has 0 radical (unpaired) electrons. The SMILES string of the molecule is CCC(c1ccc(O)c(F)c1)C(c1ccc(O)c(F)c1)(c1ccc(O)c(F)c1)c1ccc(O)c(F)c1. The Hall–Kier alpha value is -4.20. The molecule has 1 unspecified atom stereocenters. The van der Waals surface area contributed by atoms with Crippen LogP contribution in [-0.4, -0.2) is 20.4 Å². The first-order chi connectivity index (χ1) is 17.1. The summed E-state index contributed by atoms with van der Waals surface area (Å²) in [5.74, 6) is -7.28. The first kappa shape index (κ1) is 24.9. The summed E-state index contributed by atoms with van der Waals surface area (Å²) in [5.41, 5.74) is -0.811. The predicted octanol–water partition coefficient (Wildman–Crippen LogP) is 6.59. The van der Waals surface area contributed by atoms with Gasteiger partial charge in [0.05, 0.1) is 5.41 Å². The molecule has 0 fully saturated rings. The first-order valence-corrected chi connectivity index (χ1v) is 11.0. The van der Waals surface area contributed by atoms with Crippen molar-refractivity contribution in [3.8, 4) is 23.0 Å². The quantitative estimate of drug-likeness (QED) is 0.179. The number of phenols is 4. The number of hydrogen-bond donors (Lipinski definition) is 4. The van der Waals surface area contributed by atoms with E-state index in [9.17, 15) is 38.0 Å². The molecule has 1 atom stereocenters. The molecule has 0 bridgehead atoms. The van der Waals surface area contributed by atoms with Crippen LogP contribution in [0.3, 0.4) is 0 Å². The highest BCUT2D eigenvalue weighted by molar-refractivity contribution is 5.57. The number of rotatable bonds is 6. The predicted molar refractivity (Wildman–Crippen MR) is 125 cm³/mol. The minimum absolute atomic E-state index is 0.160. The van der Waals surface area contributed by atoms with Gasteiger partial charge in [-0.25, -0.2) is 17.6 Å². The number of aromatic hydroxyl groups is 4. The molecule has 0 saturated carbocycles. The molecule has 4 N–H and O–H groups in total. The van der Waals surface area contributed by atoms with Gasteiger partial charge in [-0.15, -0.1) is 0 Å². The van der Waals surface area contributed by atoms with Crippen molar-refractivity contribution in [1.82, 2.24) is 0 Å². The Labute approximate surface area is 204 Å². The highest BCUT2D eigenvalue weighted by Gasteiger charge is 2.45. The monoisotopic (exact) mass is 498 g/mol. The van der Waals surface area contributed by atoms with Crippen molar-refractivity contribution in [2.24, 2.45) is 0 Å². The van der Waals surface area contributed by atoms with Crippen LogP contribution in [0.2, 0.25) is 0 Å². The van der Waals surface area contributed by atoms with E-state index in [1.54, 1.807) is 6.92 Å². The Morgan fingerprint density at radius 2 is 0.889 bits per heavy atom. The van der Waals surface area contributed by atoms with Crippen LogP contribution in [0, 0.1) is 23.3 Å². The van der Waals surface area contributed by atoms with Crippen LogP contribution in [0.4, 0.5) is 17.6 Å². The standard InChI is InChI=1S/C28H22F4O4/c1-2-19(15-3-7-24(33)20(29)11-15)28(16-4-8-25(34)21(30)12-16,17-5-9-26(35)22(31)13-17)18-6-10-27(36)23(32)14-18/h3-14,19,33-36H,2H2,1H3. The highest BCUT2D eigenvalue weighted by atomic mass is 19.1. The lowest BCUT2D eigenvalue weighted by Crippen LogP contribution is -2.37. The molecule has 0 spiro atoms. The summed E-state index contributed by atoms with van der Waals surface area (Å²) in [4.78, 5) is 0. The van der Waals surface area contributed by atoms with Crippen LogP contribution in [0.15, 0.2) is 72.8 Å². The van der Waals surface area contributed by atoms with Crippen molar-refractivity contribution >= 4 is 0 Å². The fraction of sp³-hybridized carbons (Fsp3) is 0.143. The third-order valence-electron chi connectivity index (χ3n) is 6.51. The second-order valence-corrected chi connectivity index (χ2v) is 8.48. The fourth-order valence-corrected chi connectivity index (χ4v) is 4.89. The summed E-state index contributed by atoms with van der Waals surface area (Å²) < 4.78 is 58.7. The Kier molecular flexibility index (Phi) is 6.54. The zero-order chi connectivity index (χ0) is 26.2. The Balaban J connectivity index is 2.20. The van der Waals surface area contributed by atoms with E-state index in [-0.39, 0.29) is 23.1 Å². The van der Waals surface area contributed by atoms with Gasteiger partial charge in [-0.2, -0.15) is 0 Å². The molecule has 0 aliphatic heterocycles. The van der Waals surface area contributed by atoms with Crippen molar-refractivity contribution in [3.63, 3.8) is 0 Å². The highest BCUT2D eigenvalue weighted by Crippen LogP contribution is 2.53. The van der Waals surface area contributed by atoms with Gasteiger partial charge in [-0.3, -0.25) is 0 Å². The Morgan fingerprint density at radius 1 is 0.556 bits per heavy atom. The zero-order valence-corrected chi connectivity index (χ0v) is 19.0. The molecule has 8 heteroatoms. The topological polar surface area (TPSA) is 80.9 Å². The van der Waals surface area contributed by atoms with Gasteiger partial charge >= 0.3 is 0 Å². The molecule has 4 aromatic rings. The number of halogens is 4. The van der Waals surface area contributed by atoms with E-state index in [1.807, 2.05) is 0 Å². The Bertz CT molecular complexity index is 1310. The third kappa shape index (κ3) is 4.08. The van der Waals surface area contributed by atoms with Gasteiger partial charge in [0.15, 0.2) is 46.3 Å². The average Bonchev–Trinajstić information content (AvgIpc) is 2.85. The largest absolute Gasteiger partial charge is 0.505 e. The molecule has 4 aromatic carbocycles. The summed E-state index contributed by atoms with van der Waals surface area (Å²) in [6.45, 7) is 1.74. The third-order valence-corrected chi connectivity index (χ3v) is 6.51. The molecular formula is C28H22F4O4. The van der Waals surface area contributed by atoms with Crippen LogP contribution >= 0.6 is 0 Å². The van der Waals surface area contributed by atoms with E-state index in [2.05, 4.69) is 0 Å². The number of benzene rings is 4. The molecule has 4 rings (SSSR count). The molecule has 0 aromatic heterocycles. The second-order valence-electron chi connectivity index (χ2n) is 8.48. The molecular weight excluding hydrogens is 476 g/mol. The molecule has 4 nitrogen and oxygen atoms in total. The summed E-state index contributed by atoms with van der Waals surface area (Å²) in [6.07, 6.45) is 0.234. The molecule has 0 aliphatic rings. The molecule has 0 saturated heterocycles. The normalized spacial score (nSPS) is 12.5. The van der Waals surface area contributed by atoms with Crippen molar-refractivity contribution in [2.45, 2.75) is 24.7 Å². The Morgan fingerprint density at radius 3 is 1.19 bits per heavy atom. The minimum atomic E-state index is -1.62. The van der Waals surface area contributed by atoms with E-state index in [1.165, 1.54) is 24.3 Å². The number of phenolic OH excluding ortho intramolecular Hbond substituents is 4. The first-order valence-electron chi connectivity index (χ1n) is 11.0. The smallest absolute Gasteiger partial charge is 0.165 e. The van der Waals surface area contributed by atoms with Crippen LogP contribution in [0.1, 0.15) is 41.5 Å². The molecule has 0 amide bonds. The zero-order valence-electron chi connectivity index (χ0n) is 19.0. The van der Waals surface area contributed by atoms with Crippen molar-refractivity contribution in [3.05, 3.63) is 118 Å². The molecule has 186 valence electrons. The van der Waals surface area contributed by atoms with Crippen LogP contribution in [-0.2, 0) is 5.41 Å². The molecule has 0 heterocycles. The lowest BCUT2D eigenvalue weighted by molar-refractivity contribution is 0.411. The van der Waals surface area contributed by atoms with Gasteiger partial charge in [0.25, 0.3) is 0 Å². The van der Waals surface area contributed by atoms with Crippen molar-refractivity contribution in [2.75, 3.05) is 0 Å². The number of hydrogen-bond acceptors (Lipinski definition) is 4. The van der Waals surface area contributed by atoms with Gasteiger partial charge in [-0.1, -0.05) is 31.2 Å².